The van der Waals surface area contributed by atoms with E-state index >= 15 is 0 Å². The van der Waals surface area contributed by atoms with Gasteiger partial charge in [0.1, 0.15) is 12.3 Å². The van der Waals surface area contributed by atoms with Crippen LogP contribution >= 0.6 is 15.9 Å². The van der Waals surface area contributed by atoms with Crippen LogP contribution in [-0.2, 0) is 14.8 Å². The van der Waals surface area contributed by atoms with Crippen LogP contribution in [0.1, 0.15) is 12.5 Å². The van der Waals surface area contributed by atoms with Crippen LogP contribution in [0.5, 0.6) is 5.75 Å². The maximum absolute atomic E-state index is 13.3. The molecule has 0 atom stereocenters. The van der Waals surface area contributed by atoms with Gasteiger partial charge in [-0.1, -0.05) is 52.3 Å². The van der Waals surface area contributed by atoms with Gasteiger partial charge in [-0.2, -0.15) is 5.10 Å². The third-order valence-corrected chi connectivity index (χ3v) is 6.83. The molecule has 0 saturated carbocycles. The normalized spacial score (nSPS) is 11.7. The second kappa shape index (κ2) is 10.4. The Labute approximate surface area is 195 Å². The topological polar surface area (TPSA) is 88.1 Å². The molecule has 3 rings (SSSR count). The number of benzene rings is 3. The van der Waals surface area contributed by atoms with Crippen molar-refractivity contribution in [2.45, 2.75) is 11.8 Å². The highest BCUT2D eigenvalue weighted by Gasteiger charge is 2.27. The summed E-state index contributed by atoms with van der Waals surface area (Å²) in [5.74, 6) is -0.110. The second-order valence-corrected chi connectivity index (χ2v) is 9.55. The molecule has 0 aliphatic carbocycles. The molecule has 0 aromatic heterocycles. The fraction of sp³-hybridized carbons (Fsp3) is 0.130. The number of nitrogens with zero attached hydrogens (tertiary/aromatic N) is 2. The van der Waals surface area contributed by atoms with E-state index in [1.807, 2.05) is 24.3 Å². The zero-order chi connectivity index (χ0) is 23.1. The van der Waals surface area contributed by atoms with E-state index in [0.29, 0.717) is 17.1 Å². The zero-order valence-electron chi connectivity index (χ0n) is 17.5. The Morgan fingerprint density at radius 1 is 1.03 bits per heavy atom. The van der Waals surface area contributed by atoms with Gasteiger partial charge in [-0.3, -0.25) is 9.10 Å². The molecule has 0 aliphatic heterocycles. The fourth-order valence-electron chi connectivity index (χ4n) is 2.89. The van der Waals surface area contributed by atoms with Crippen molar-refractivity contribution in [1.29, 1.82) is 0 Å². The van der Waals surface area contributed by atoms with Crippen LogP contribution < -0.4 is 14.5 Å². The largest absolute Gasteiger partial charge is 0.497 e. The van der Waals surface area contributed by atoms with Gasteiger partial charge in [0.25, 0.3) is 15.9 Å². The number of rotatable bonds is 8. The SMILES string of the molecule is COc1cccc(N(CC(=O)N/N=C(/C)c2cccc(Br)c2)S(=O)(=O)c2ccccc2)c1. The minimum absolute atomic E-state index is 0.0736. The molecule has 3 aromatic carbocycles. The Hall–Kier alpha value is -3.17. The van der Waals surface area contributed by atoms with E-state index in [-0.39, 0.29) is 4.90 Å². The van der Waals surface area contributed by atoms with Crippen molar-refractivity contribution < 1.29 is 17.9 Å². The summed E-state index contributed by atoms with van der Waals surface area (Å²) in [5, 5.41) is 4.12. The number of carbonyl (C=O) groups is 1. The monoisotopic (exact) mass is 515 g/mol. The molecule has 1 amide bonds. The number of hydrogen-bond donors (Lipinski definition) is 1. The maximum Gasteiger partial charge on any atom is 0.264 e. The maximum atomic E-state index is 13.3. The summed E-state index contributed by atoms with van der Waals surface area (Å²) in [7, 11) is -2.52. The molecule has 0 heterocycles. The van der Waals surface area contributed by atoms with Crippen LogP contribution in [-0.4, -0.2) is 33.7 Å². The number of hydrazone groups is 1. The smallest absolute Gasteiger partial charge is 0.264 e. The Bertz CT molecular complexity index is 1230. The molecule has 0 spiro atoms. The van der Waals surface area contributed by atoms with E-state index in [9.17, 15) is 13.2 Å². The molecule has 3 aromatic rings. The van der Waals surface area contributed by atoms with Gasteiger partial charge in [-0.25, -0.2) is 13.8 Å². The van der Waals surface area contributed by atoms with Crippen molar-refractivity contribution in [1.82, 2.24) is 5.43 Å². The van der Waals surface area contributed by atoms with Gasteiger partial charge >= 0.3 is 0 Å². The summed E-state index contributed by atoms with van der Waals surface area (Å²) in [5.41, 5.74) is 4.15. The molecule has 0 bridgehead atoms. The predicted octanol–water partition coefficient (Wildman–Crippen LogP) is 4.19. The minimum atomic E-state index is -4.01. The molecule has 0 unspecified atom stereocenters. The van der Waals surface area contributed by atoms with Crippen LogP contribution in [0, 0.1) is 0 Å². The van der Waals surface area contributed by atoms with Crippen molar-refractivity contribution >= 4 is 43.3 Å². The fourth-order valence-corrected chi connectivity index (χ4v) is 4.72. The first-order valence-electron chi connectivity index (χ1n) is 9.62. The first-order chi connectivity index (χ1) is 15.3. The van der Waals surface area contributed by atoms with Gasteiger partial charge in [0.2, 0.25) is 0 Å². The van der Waals surface area contributed by atoms with Crippen LogP contribution in [0.25, 0.3) is 0 Å². The number of amides is 1. The molecule has 9 heteroatoms. The quantitative estimate of drug-likeness (QED) is 0.359. The number of nitrogens with one attached hydrogen (secondary N) is 1. The summed E-state index contributed by atoms with van der Waals surface area (Å²) < 4.78 is 33.8. The van der Waals surface area contributed by atoms with Crippen molar-refractivity contribution in [2.75, 3.05) is 18.0 Å². The third kappa shape index (κ3) is 5.74. The van der Waals surface area contributed by atoms with Crippen molar-refractivity contribution in [3.05, 3.63) is 88.9 Å². The number of methoxy groups -OCH3 is 1. The van der Waals surface area contributed by atoms with E-state index in [4.69, 9.17) is 4.74 Å². The summed E-state index contributed by atoms with van der Waals surface area (Å²) in [6.07, 6.45) is 0. The lowest BCUT2D eigenvalue weighted by atomic mass is 10.1. The average molecular weight is 516 g/mol. The molecule has 32 heavy (non-hydrogen) atoms. The second-order valence-electron chi connectivity index (χ2n) is 6.77. The molecule has 1 N–H and O–H groups in total. The first-order valence-corrected chi connectivity index (χ1v) is 11.9. The van der Waals surface area contributed by atoms with Crippen LogP contribution in [0.15, 0.2) is 93.3 Å². The number of anilines is 1. The molecule has 0 aliphatic rings. The predicted molar refractivity (Wildman–Crippen MR) is 128 cm³/mol. The molecule has 0 saturated heterocycles. The number of sulfonamides is 1. The molecule has 0 fully saturated rings. The van der Waals surface area contributed by atoms with Crippen LogP contribution in [0.4, 0.5) is 5.69 Å². The molecular weight excluding hydrogens is 494 g/mol. The number of hydrogen-bond acceptors (Lipinski definition) is 5. The average Bonchev–Trinajstić information content (AvgIpc) is 2.81. The molecule has 7 nitrogen and oxygen atoms in total. The van der Waals surface area contributed by atoms with Crippen LogP contribution in [0.3, 0.4) is 0 Å². The lowest BCUT2D eigenvalue weighted by Gasteiger charge is -2.24. The number of ether oxygens (including phenoxy) is 1. The number of halogens is 1. The minimum Gasteiger partial charge on any atom is -0.497 e. The Morgan fingerprint density at radius 2 is 1.75 bits per heavy atom. The van der Waals surface area contributed by atoms with Gasteiger partial charge < -0.3 is 4.74 Å². The van der Waals surface area contributed by atoms with E-state index in [2.05, 4.69) is 26.5 Å². The highest BCUT2D eigenvalue weighted by Crippen LogP contribution is 2.26. The van der Waals surface area contributed by atoms with Gasteiger partial charge in [0.05, 0.1) is 23.4 Å². The van der Waals surface area contributed by atoms with Crippen molar-refractivity contribution in [2.24, 2.45) is 5.10 Å². The standard InChI is InChI=1S/C23H22BrN3O4S/c1-17(18-8-6-9-19(24)14-18)25-26-23(28)16-27(20-10-7-11-21(15-20)31-2)32(29,30)22-12-4-3-5-13-22/h3-15H,16H2,1-2H3,(H,26,28)/b25-17-. The van der Waals surface area contributed by atoms with Crippen LogP contribution in [0.2, 0.25) is 0 Å². The lowest BCUT2D eigenvalue weighted by molar-refractivity contribution is -0.119. The summed E-state index contributed by atoms with van der Waals surface area (Å²) in [6.45, 7) is 1.29. The van der Waals surface area contributed by atoms with Gasteiger partial charge in [0, 0.05) is 10.5 Å². The van der Waals surface area contributed by atoms with E-state index < -0.39 is 22.5 Å². The first kappa shape index (κ1) is 23.5. The summed E-state index contributed by atoms with van der Waals surface area (Å²) in [4.78, 5) is 12.8. The van der Waals surface area contributed by atoms with Gasteiger partial charge in [-0.05, 0) is 48.9 Å². The third-order valence-electron chi connectivity index (χ3n) is 4.55. The van der Waals surface area contributed by atoms with Crippen molar-refractivity contribution in [3.8, 4) is 5.75 Å². The Kier molecular flexibility index (Phi) is 7.66. The Morgan fingerprint density at radius 3 is 2.44 bits per heavy atom. The zero-order valence-corrected chi connectivity index (χ0v) is 19.9. The molecular formula is C23H22BrN3O4S. The molecule has 0 radical (unpaired) electrons. The van der Waals surface area contributed by atoms with Gasteiger partial charge in [0.15, 0.2) is 0 Å². The van der Waals surface area contributed by atoms with E-state index in [1.165, 1.54) is 19.2 Å². The Balaban J connectivity index is 1.88. The lowest BCUT2D eigenvalue weighted by Crippen LogP contribution is -2.39. The number of carbonyl (C=O) groups excluding carboxylic acids is 1. The summed E-state index contributed by atoms with van der Waals surface area (Å²) in [6, 6.07) is 21.9. The van der Waals surface area contributed by atoms with E-state index in [0.717, 1.165) is 14.3 Å². The molecule has 166 valence electrons. The van der Waals surface area contributed by atoms with Gasteiger partial charge in [-0.15, -0.1) is 0 Å². The summed E-state index contributed by atoms with van der Waals surface area (Å²) >= 11 is 3.40. The highest BCUT2D eigenvalue weighted by molar-refractivity contribution is 9.10. The van der Waals surface area contributed by atoms with Crippen molar-refractivity contribution in [3.63, 3.8) is 0 Å². The van der Waals surface area contributed by atoms with E-state index in [1.54, 1.807) is 49.4 Å². The highest BCUT2D eigenvalue weighted by atomic mass is 79.9.